The van der Waals surface area contributed by atoms with Crippen molar-refractivity contribution in [1.29, 1.82) is 0 Å². The number of carbonyl (C=O) groups excluding carboxylic acids is 1. The van der Waals surface area contributed by atoms with Crippen LogP contribution in [0.3, 0.4) is 0 Å². The Kier molecular flexibility index (Phi) is 6.09. The molecule has 0 aliphatic carbocycles. The summed E-state index contributed by atoms with van der Waals surface area (Å²) in [6, 6.07) is 4.51. The van der Waals surface area contributed by atoms with Crippen molar-refractivity contribution in [2.45, 2.75) is 39.8 Å². The molecule has 0 saturated carbocycles. The Balaban J connectivity index is 1.63. The van der Waals surface area contributed by atoms with Crippen molar-refractivity contribution in [2.24, 2.45) is 0 Å². The van der Waals surface area contributed by atoms with E-state index in [0.29, 0.717) is 24.2 Å². The van der Waals surface area contributed by atoms with Gasteiger partial charge in [-0.05, 0) is 44.9 Å². The van der Waals surface area contributed by atoms with Crippen molar-refractivity contribution in [3.63, 3.8) is 0 Å². The van der Waals surface area contributed by atoms with Gasteiger partial charge in [-0.25, -0.2) is 12.8 Å². The number of halogens is 1. The van der Waals surface area contributed by atoms with Crippen LogP contribution in [-0.4, -0.2) is 49.2 Å². The maximum absolute atomic E-state index is 13.6. The van der Waals surface area contributed by atoms with E-state index in [0.717, 1.165) is 21.9 Å². The minimum atomic E-state index is -2.98. The lowest BCUT2D eigenvalue weighted by molar-refractivity contribution is -0.885. The number of anilines is 1. The minimum absolute atomic E-state index is 0.118. The lowest BCUT2D eigenvalue weighted by Gasteiger charge is -2.15. The second kappa shape index (κ2) is 8.23. The molecule has 158 valence electrons. The average molecular weight is 424 g/mol. The number of quaternary nitrogens is 1. The van der Waals surface area contributed by atoms with E-state index in [-0.39, 0.29) is 35.8 Å². The summed E-state index contributed by atoms with van der Waals surface area (Å²) in [5.41, 5.74) is 3.80. The van der Waals surface area contributed by atoms with Crippen LogP contribution in [0.4, 0.5) is 10.1 Å². The molecule has 2 atom stereocenters. The second-order valence-corrected chi connectivity index (χ2v) is 10.2. The Labute approximate surface area is 170 Å². The molecule has 1 saturated heterocycles. The van der Waals surface area contributed by atoms with Crippen molar-refractivity contribution < 1.29 is 22.5 Å². The molecule has 1 unspecified atom stereocenters. The van der Waals surface area contributed by atoms with Gasteiger partial charge in [0.25, 0.3) is 5.91 Å². The monoisotopic (exact) mass is 423 g/mol. The number of aryl methyl sites for hydroxylation is 2. The Morgan fingerprint density at radius 3 is 2.69 bits per heavy atom. The molecular weight excluding hydrogens is 395 g/mol. The third-order valence-corrected chi connectivity index (χ3v) is 7.18. The van der Waals surface area contributed by atoms with E-state index < -0.39 is 9.84 Å². The molecule has 1 aliphatic heterocycles. The van der Waals surface area contributed by atoms with Gasteiger partial charge in [-0.2, -0.15) is 5.10 Å². The summed E-state index contributed by atoms with van der Waals surface area (Å²) in [5, 5.41) is 7.30. The zero-order valence-corrected chi connectivity index (χ0v) is 18.1. The maximum Gasteiger partial charge on any atom is 0.279 e. The number of likely N-dealkylation sites (N-methyl/N-ethyl adjacent to an activating group) is 1. The fraction of sp³-hybridized carbons (Fsp3) is 0.500. The molecule has 2 N–H and O–H groups in total. The summed E-state index contributed by atoms with van der Waals surface area (Å²) in [5.74, 6) is -0.213. The number of carbonyl (C=O) groups is 1. The van der Waals surface area contributed by atoms with Gasteiger partial charge in [0.15, 0.2) is 16.4 Å². The number of hydrogen-bond donors (Lipinski definition) is 2. The highest BCUT2D eigenvalue weighted by Gasteiger charge is 2.32. The van der Waals surface area contributed by atoms with Crippen LogP contribution in [-0.2, 0) is 21.2 Å². The summed E-state index contributed by atoms with van der Waals surface area (Å²) < 4.78 is 39.1. The highest BCUT2D eigenvalue weighted by atomic mass is 32.2. The van der Waals surface area contributed by atoms with Crippen molar-refractivity contribution in [3.8, 4) is 0 Å². The van der Waals surface area contributed by atoms with Gasteiger partial charge in [0.1, 0.15) is 12.4 Å². The quantitative estimate of drug-likeness (QED) is 0.725. The smallest absolute Gasteiger partial charge is 0.279 e. The van der Waals surface area contributed by atoms with Gasteiger partial charge in [-0.1, -0.05) is 6.07 Å². The number of sulfone groups is 1. The molecular formula is C20H28FN4O3S+. The Bertz CT molecular complexity index is 1030. The zero-order valence-electron chi connectivity index (χ0n) is 17.3. The zero-order chi connectivity index (χ0) is 21.3. The number of benzene rings is 1. The minimum Gasteiger partial charge on any atom is -0.326 e. The van der Waals surface area contributed by atoms with Crippen molar-refractivity contribution in [3.05, 3.63) is 46.5 Å². The molecule has 7 nitrogen and oxygen atoms in total. The van der Waals surface area contributed by atoms with Crippen LogP contribution in [0.15, 0.2) is 18.2 Å². The summed E-state index contributed by atoms with van der Waals surface area (Å²) in [7, 11) is -1.08. The van der Waals surface area contributed by atoms with E-state index in [9.17, 15) is 17.6 Å². The summed E-state index contributed by atoms with van der Waals surface area (Å²) >= 11 is 0. The molecule has 0 radical (unpaired) electrons. The van der Waals surface area contributed by atoms with Gasteiger partial charge >= 0.3 is 0 Å². The highest BCUT2D eigenvalue weighted by molar-refractivity contribution is 7.91. The fourth-order valence-corrected chi connectivity index (χ4v) is 5.48. The van der Waals surface area contributed by atoms with E-state index in [1.807, 2.05) is 25.6 Å². The number of nitrogens with one attached hydrogen (secondary N) is 2. The van der Waals surface area contributed by atoms with Crippen LogP contribution < -0.4 is 10.2 Å². The van der Waals surface area contributed by atoms with E-state index in [1.165, 1.54) is 6.07 Å². The lowest BCUT2D eigenvalue weighted by atomic mass is 10.1. The van der Waals surface area contributed by atoms with Gasteiger partial charge in [0, 0.05) is 11.4 Å². The number of nitrogens with zero attached hydrogens (tertiary/aromatic N) is 2. The molecule has 1 aromatic heterocycles. The second-order valence-electron chi connectivity index (χ2n) is 7.97. The number of amides is 1. The normalized spacial score (nSPS) is 19.3. The first-order chi connectivity index (χ1) is 13.6. The topological polar surface area (TPSA) is 85.5 Å². The van der Waals surface area contributed by atoms with Crippen molar-refractivity contribution in [2.75, 3.05) is 30.4 Å². The van der Waals surface area contributed by atoms with E-state index in [4.69, 9.17) is 0 Å². The molecule has 3 rings (SSSR count). The molecule has 0 bridgehead atoms. The summed E-state index contributed by atoms with van der Waals surface area (Å²) in [6.45, 7) is 6.34. The number of aromatic nitrogens is 2. The molecule has 9 heteroatoms. The predicted molar refractivity (Wildman–Crippen MR) is 109 cm³/mol. The molecule has 2 aromatic rings. The first kappa shape index (κ1) is 21.4. The molecule has 2 heterocycles. The van der Waals surface area contributed by atoms with Gasteiger partial charge in [0.05, 0.1) is 35.9 Å². The van der Waals surface area contributed by atoms with Crippen LogP contribution in [0.2, 0.25) is 0 Å². The van der Waals surface area contributed by atoms with E-state index in [2.05, 4.69) is 10.4 Å². The molecule has 1 aliphatic rings. The van der Waals surface area contributed by atoms with E-state index >= 15 is 0 Å². The van der Waals surface area contributed by atoms with Gasteiger partial charge in [-0.15, -0.1) is 0 Å². The maximum atomic E-state index is 13.6. The van der Waals surface area contributed by atoms with Crippen LogP contribution in [0, 0.1) is 26.6 Å². The molecule has 1 amide bonds. The van der Waals surface area contributed by atoms with Gasteiger partial charge in [0.2, 0.25) is 0 Å². The Morgan fingerprint density at radius 1 is 1.34 bits per heavy atom. The lowest BCUT2D eigenvalue weighted by Crippen LogP contribution is -3.08. The Morgan fingerprint density at radius 2 is 2.07 bits per heavy atom. The number of hydrogen-bond acceptors (Lipinski definition) is 4. The van der Waals surface area contributed by atoms with Crippen molar-refractivity contribution in [1.82, 2.24) is 9.78 Å². The van der Waals surface area contributed by atoms with E-state index in [1.54, 1.807) is 19.1 Å². The molecule has 1 aromatic carbocycles. The fourth-order valence-electron chi connectivity index (χ4n) is 3.79. The molecule has 1 fully saturated rings. The van der Waals surface area contributed by atoms with Crippen LogP contribution in [0.25, 0.3) is 0 Å². The largest absolute Gasteiger partial charge is 0.326 e. The van der Waals surface area contributed by atoms with Gasteiger partial charge < -0.3 is 10.2 Å². The summed E-state index contributed by atoms with van der Waals surface area (Å²) in [6.07, 6.45) is 0.585. The third-order valence-electron chi connectivity index (χ3n) is 5.43. The highest BCUT2D eigenvalue weighted by Crippen LogP contribution is 2.26. The SMILES string of the molecule is Cc1ccc(NC(=O)C[NH+](C)Cc2c(C)nn([C@@H]3CCS(=O)(=O)C3)c2C)cc1F. The first-order valence-corrected chi connectivity index (χ1v) is 11.5. The van der Waals surface area contributed by atoms with Crippen LogP contribution in [0.5, 0.6) is 0 Å². The predicted octanol–water partition coefficient (Wildman–Crippen LogP) is 0.960. The average Bonchev–Trinajstić information content (AvgIpc) is 3.11. The molecule has 0 spiro atoms. The molecule has 29 heavy (non-hydrogen) atoms. The number of rotatable bonds is 6. The van der Waals surface area contributed by atoms with Crippen LogP contribution in [0.1, 0.15) is 35.0 Å². The van der Waals surface area contributed by atoms with Crippen molar-refractivity contribution >= 4 is 21.4 Å². The standard InChI is InChI=1S/C20H27FN4O3S/c1-13-5-6-16(9-19(13)21)22-20(26)11-24(4)10-18-14(2)23-25(15(18)3)17-7-8-29(27,28)12-17/h5-6,9,17H,7-8,10-12H2,1-4H3,(H,22,26)/p+1/t17-/m1/s1. The van der Waals surface area contributed by atoms with Crippen LogP contribution >= 0.6 is 0 Å². The summed E-state index contributed by atoms with van der Waals surface area (Å²) in [4.78, 5) is 13.3. The third kappa shape index (κ3) is 5.02. The Hall–Kier alpha value is -2.26. The first-order valence-electron chi connectivity index (χ1n) is 9.68. The van der Waals surface area contributed by atoms with Gasteiger partial charge in [-0.3, -0.25) is 9.48 Å².